The molecule has 0 unspecified atom stereocenters. The van der Waals surface area contributed by atoms with Gasteiger partial charge in [-0.1, -0.05) is 146 Å². The van der Waals surface area contributed by atoms with Crippen molar-refractivity contribution < 1.29 is 0 Å². The largest absolute Gasteiger partial charge is 0.369 e. The van der Waals surface area contributed by atoms with Crippen molar-refractivity contribution in [1.29, 1.82) is 0 Å². The zero-order valence-electron chi connectivity index (χ0n) is 19.5. The first kappa shape index (κ1) is 26.1. The number of hydrogen-bond donors (Lipinski definition) is 0. The van der Waals surface area contributed by atoms with Crippen LogP contribution < -0.4 is 0 Å². The fraction of sp³-hybridized carbons (Fsp3) is 0.741. The van der Waals surface area contributed by atoms with Crippen LogP contribution in [0.2, 0.25) is 0 Å². The highest BCUT2D eigenvalue weighted by Gasteiger charge is 2.05. The van der Waals surface area contributed by atoms with Gasteiger partial charge in [-0.3, -0.25) is 0 Å². The molecule has 0 fully saturated rings. The smallest absolute Gasteiger partial charge is 0.0821 e. The molecule has 0 atom stereocenters. The Hall–Kier alpha value is -0.890. The quantitative estimate of drug-likeness (QED) is 0.163. The third kappa shape index (κ3) is 15.6. The molecule has 29 heavy (non-hydrogen) atoms. The Kier molecular flexibility index (Phi) is 17.2. The standard InChI is InChI=1S/C27H47NS/c1-3-4-5-6-7-8-9-10-11-12-13-14-15-16-17-21-24-28(2)27(29)25-26-22-19-18-20-23-26/h18-20,22-23H,3-17,21,24-25H2,1-2H3. The number of likely N-dealkylation sites (N-methyl/N-ethyl adjacent to an activating group) is 1. The normalized spacial score (nSPS) is 11.0. The molecule has 0 aliphatic rings. The van der Waals surface area contributed by atoms with Crippen molar-refractivity contribution >= 4 is 17.2 Å². The van der Waals surface area contributed by atoms with Crippen LogP contribution in [-0.2, 0) is 6.42 Å². The summed E-state index contributed by atoms with van der Waals surface area (Å²) in [5, 5.41) is 0. The van der Waals surface area contributed by atoms with Gasteiger partial charge < -0.3 is 4.90 Å². The molecule has 0 radical (unpaired) electrons. The molecule has 2 heteroatoms. The van der Waals surface area contributed by atoms with Crippen molar-refractivity contribution in [1.82, 2.24) is 4.90 Å². The fourth-order valence-electron chi connectivity index (χ4n) is 3.93. The van der Waals surface area contributed by atoms with Crippen LogP contribution in [0.5, 0.6) is 0 Å². The molecule has 0 aromatic heterocycles. The van der Waals surface area contributed by atoms with Gasteiger partial charge in [-0.25, -0.2) is 0 Å². The molecular formula is C27H47NS. The van der Waals surface area contributed by atoms with Gasteiger partial charge in [-0.05, 0) is 12.0 Å². The lowest BCUT2D eigenvalue weighted by Gasteiger charge is -2.20. The lowest BCUT2D eigenvalue weighted by atomic mass is 10.0. The van der Waals surface area contributed by atoms with Gasteiger partial charge >= 0.3 is 0 Å². The second-order valence-electron chi connectivity index (χ2n) is 8.78. The summed E-state index contributed by atoms with van der Waals surface area (Å²) in [4.78, 5) is 3.34. The summed E-state index contributed by atoms with van der Waals surface area (Å²) < 4.78 is 0. The summed E-state index contributed by atoms with van der Waals surface area (Å²) in [6.45, 7) is 3.40. The van der Waals surface area contributed by atoms with E-state index in [1.54, 1.807) is 0 Å². The van der Waals surface area contributed by atoms with E-state index in [0.29, 0.717) is 0 Å². The molecule has 0 saturated heterocycles. The van der Waals surface area contributed by atoms with Crippen LogP contribution in [0, 0.1) is 0 Å². The van der Waals surface area contributed by atoms with Crippen molar-refractivity contribution in [2.45, 2.75) is 116 Å². The van der Waals surface area contributed by atoms with Crippen LogP contribution in [0.1, 0.15) is 115 Å². The third-order valence-corrected chi connectivity index (χ3v) is 6.43. The van der Waals surface area contributed by atoms with E-state index >= 15 is 0 Å². The molecule has 1 rings (SSSR count). The second kappa shape index (κ2) is 19.1. The van der Waals surface area contributed by atoms with Gasteiger partial charge in [0.15, 0.2) is 0 Å². The monoisotopic (exact) mass is 417 g/mol. The summed E-state index contributed by atoms with van der Waals surface area (Å²) >= 11 is 5.59. The van der Waals surface area contributed by atoms with Gasteiger partial charge in [0.25, 0.3) is 0 Å². The van der Waals surface area contributed by atoms with E-state index in [4.69, 9.17) is 12.2 Å². The predicted octanol–water partition coefficient (Wildman–Crippen LogP) is 8.75. The summed E-state index contributed by atoms with van der Waals surface area (Å²) in [6.07, 6.45) is 23.6. The van der Waals surface area contributed by atoms with E-state index < -0.39 is 0 Å². The molecule has 1 nitrogen and oxygen atoms in total. The van der Waals surface area contributed by atoms with Crippen LogP contribution in [-0.4, -0.2) is 23.5 Å². The molecule has 0 bridgehead atoms. The zero-order valence-corrected chi connectivity index (χ0v) is 20.3. The molecule has 0 aliphatic heterocycles. The lowest BCUT2D eigenvalue weighted by molar-refractivity contribution is 0.464. The highest BCUT2D eigenvalue weighted by atomic mass is 32.1. The van der Waals surface area contributed by atoms with Crippen LogP contribution >= 0.6 is 12.2 Å². The number of rotatable bonds is 19. The SMILES string of the molecule is CCCCCCCCCCCCCCCCCCN(C)C(=S)Cc1ccccc1. The molecule has 166 valence electrons. The van der Waals surface area contributed by atoms with Crippen molar-refractivity contribution in [3.63, 3.8) is 0 Å². The minimum absolute atomic E-state index is 0.894. The molecule has 1 aromatic rings. The zero-order chi connectivity index (χ0) is 21.0. The molecule has 0 saturated carbocycles. The van der Waals surface area contributed by atoms with E-state index in [1.807, 2.05) is 0 Å². The molecule has 1 aromatic carbocycles. The van der Waals surface area contributed by atoms with Gasteiger partial charge in [-0.2, -0.15) is 0 Å². The van der Waals surface area contributed by atoms with Crippen LogP contribution in [0.25, 0.3) is 0 Å². The molecule has 0 amide bonds. The Balaban J connectivity index is 1.82. The van der Waals surface area contributed by atoms with Gasteiger partial charge in [-0.15, -0.1) is 0 Å². The van der Waals surface area contributed by atoms with E-state index in [2.05, 4.69) is 49.2 Å². The molecular weight excluding hydrogens is 370 g/mol. The Bertz CT molecular complexity index is 485. The highest BCUT2D eigenvalue weighted by molar-refractivity contribution is 7.80. The molecule has 0 spiro atoms. The topological polar surface area (TPSA) is 3.24 Å². The third-order valence-electron chi connectivity index (χ3n) is 5.97. The summed E-state index contributed by atoms with van der Waals surface area (Å²) in [5.41, 5.74) is 1.32. The predicted molar refractivity (Wildman–Crippen MR) is 135 cm³/mol. The average Bonchev–Trinajstić information content (AvgIpc) is 2.74. The molecule has 0 N–H and O–H groups in total. The molecule has 0 heterocycles. The second-order valence-corrected chi connectivity index (χ2v) is 9.25. The highest BCUT2D eigenvalue weighted by Crippen LogP contribution is 2.14. The number of thiocarbonyl (C=S) groups is 1. The Morgan fingerprint density at radius 3 is 1.52 bits per heavy atom. The Labute approximate surface area is 187 Å². The van der Waals surface area contributed by atoms with Gasteiger partial charge in [0, 0.05) is 20.0 Å². The summed E-state index contributed by atoms with van der Waals surface area (Å²) in [5.74, 6) is 0. The van der Waals surface area contributed by atoms with E-state index in [9.17, 15) is 0 Å². The van der Waals surface area contributed by atoms with Gasteiger partial charge in [0.05, 0.1) is 4.99 Å². The minimum Gasteiger partial charge on any atom is -0.369 e. The first-order valence-corrected chi connectivity index (χ1v) is 12.9. The maximum atomic E-state index is 5.59. The number of hydrogen-bond acceptors (Lipinski definition) is 1. The van der Waals surface area contributed by atoms with Gasteiger partial charge in [0.1, 0.15) is 0 Å². The Morgan fingerprint density at radius 1 is 0.655 bits per heavy atom. The lowest BCUT2D eigenvalue weighted by Crippen LogP contribution is -2.27. The van der Waals surface area contributed by atoms with E-state index in [-0.39, 0.29) is 0 Å². The summed E-state index contributed by atoms with van der Waals surface area (Å²) in [7, 11) is 2.15. The number of unbranched alkanes of at least 4 members (excludes halogenated alkanes) is 15. The van der Waals surface area contributed by atoms with Crippen molar-refractivity contribution in [3.05, 3.63) is 35.9 Å². The maximum Gasteiger partial charge on any atom is 0.0821 e. The first-order valence-electron chi connectivity index (χ1n) is 12.5. The van der Waals surface area contributed by atoms with Crippen molar-refractivity contribution in [2.75, 3.05) is 13.6 Å². The Morgan fingerprint density at radius 2 is 1.07 bits per heavy atom. The van der Waals surface area contributed by atoms with Crippen LogP contribution in [0.15, 0.2) is 30.3 Å². The van der Waals surface area contributed by atoms with Crippen LogP contribution in [0.4, 0.5) is 0 Å². The number of nitrogens with zero attached hydrogens (tertiary/aromatic N) is 1. The average molecular weight is 418 g/mol. The maximum absolute atomic E-state index is 5.59. The minimum atomic E-state index is 0.894. The van der Waals surface area contributed by atoms with Crippen molar-refractivity contribution in [2.24, 2.45) is 0 Å². The van der Waals surface area contributed by atoms with Crippen LogP contribution in [0.3, 0.4) is 0 Å². The van der Waals surface area contributed by atoms with Crippen molar-refractivity contribution in [3.8, 4) is 0 Å². The number of benzene rings is 1. The van der Waals surface area contributed by atoms with E-state index in [0.717, 1.165) is 18.0 Å². The fourth-order valence-corrected chi connectivity index (χ4v) is 4.19. The van der Waals surface area contributed by atoms with E-state index in [1.165, 1.54) is 108 Å². The molecule has 0 aliphatic carbocycles. The van der Waals surface area contributed by atoms with Gasteiger partial charge in [0.2, 0.25) is 0 Å². The first-order chi connectivity index (χ1) is 14.2. The summed E-state index contributed by atoms with van der Waals surface area (Å²) in [6, 6.07) is 10.6.